The predicted octanol–water partition coefficient (Wildman–Crippen LogP) is 2.74. The summed E-state index contributed by atoms with van der Waals surface area (Å²) in [6.07, 6.45) is 0.927. The smallest absolute Gasteiger partial charge is 0.121 e. The van der Waals surface area contributed by atoms with Gasteiger partial charge in [0.25, 0.3) is 0 Å². The van der Waals surface area contributed by atoms with E-state index in [0.29, 0.717) is 12.5 Å². The summed E-state index contributed by atoms with van der Waals surface area (Å²) in [7, 11) is 0. The second kappa shape index (κ2) is 4.82. The maximum Gasteiger partial charge on any atom is 0.121 e. The van der Waals surface area contributed by atoms with Gasteiger partial charge in [-0.3, -0.25) is 0 Å². The van der Waals surface area contributed by atoms with Crippen molar-refractivity contribution >= 4 is 0 Å². The first-order chi connectivity index (χ1) is 10.4. The highest BCUT2D eigenvalue weighted by Gasteiger charge is 2.25. The molecule has 3 N–H and O–H groups in total. The number of nitrogens with one attached hydrogen (secondary N) is 1. The molecule has 1 aliphatic carbocycles. The van der Waals surface area contributed by atoms with Gasteiger partial charge in [0.05, 0.1) is 0 Å². The Hall–Kier alpha value is -2.46. The van der Waals surface area contributed by atoms with E-state index in [1.807, 2.05) is 12.1 Å². The standard InChI is InChI=1S/C17H16N4/c18-10-12-9-11-5-1-2-7-14(11)16-17(20-21-19-16)15-8-4-3-6-13(12)15/h1-8,12H,9-10,18H2,(H,19,20,21). The fraction of sp³-hybridized carbons (Fsp3) is 0.176. The SMILES string of the molecule is NCC1Cc2ccccc2-c2n[nH]nc2-c2ccccc21. The summed E-state index contributed by atoms with van der Waals surface area (Å²) in [4.78, 5) is 0. The number of fused-ring (bicyclic) bond motifs is 5. The first-order valence-electron chi connectivity index (χ1n) is 7.17. The van der Waals surface area contributed by atoms with Crippen molar-refractivity contribution in [2.24, 2.45) is 5.73 Å². The molecule has 104 valence electrons. The van der Waals surface area contributed by atoms with E-state index in [4.69, 9.17) is 5.73 Å². The van der Waals surface area contributed by atoms with Crippen LogP contribution < -0.4 is 5.73 Å². The summed E-state index contributed by atoms with van der Waals surface area (Å²) in [5.41, 5.74) is 12.7. The molecule has 0 fully saturated rings. The number of H-pyrrole nitrogens is 1. The minimum atomic E-state index is 0.298. The van der Waals surface area contributed by atoms with Crippen LogP contribution in [0.2, 0.25) is 0 Å². The molecule has 2 aromatic carbocycles. The molecule has 1 heterocycles. The van der Waals surface area contributed by atoms with Gasteiger partial charge >= 0.3 is 0 Å². The van der Waals surface area contributed by atoms with Crippen molar-refractivity contribution in [2.45, 2.75) is 12.3 Å². The second-order valence-electron chi connectivity index (χ2n) is 5.40. The third-order valence-corrected chi connectivity index (χ3v) is 4.23. The molecule has 4 heteroatoms. The first kappa shape index (κ1) is 12.3. The molecule has 21 heavy (non-hydrogen) atoms. The van der Waals surface area contributed by atoms with E-state index < -0.39 is 0 Å². The zero-order valence-corrected chi connectivity index (χ0v) is 11.6. The van der Waals surface area contributed by atoms with Crippen molar-refractivity contribution in [3.63, 3.8) is 0 Å². The molecule has 0 aliphatic heterocycles. The van der Waals surface area contributed by atoms with Crippen LogP contribution in [0, 0.1) is 0 Å². The Kier molecular flexibility index (Phi) is 2.82. The summed E-state index contributed by atoms with van der Waals surface area (Å²) in [6.45, 7) is 0.624. The molecule has 1 aromatic heterocycles. The number of benzene rings is 2. The number of aromatic nitrogens is 3. The van der Waals surface area contributed by atoms with Crippen molar-refractivity contribution in [2.75, 3.05) is 6.54 Å². The lowest BCUT2D eigenvalue weighted by atomic mass is 9.82. The van der Waals surface area contributed by atoms with Gasteiger partial charge in [-0.05, 0) is 24.1 Å². The largest absolute Gasteiger partial charge is 0.330 e. The monoisotopic (exact) mass is 276 g/mol. The van der Waals surface area contributed by atoms with Gasteiger partial charge in [0.15, 0.2) is 0 Å². The van der Waals surface area contributed by atoms with Crippen molar-refractivity contribution in [3.05, 3.63) is 59.7 Å². The molecule has 0 radical (unpaired) electrons. The van der Waals surface area contributed by atoms with Crippen LogP contribution >= 0.6 is 0 Å². The van der Waals surface area contributed by atoms with Crippen molar-refractivity contribution in [1.29, 1.82) is 0 Å². The van der Waals surface area contributed by atoms with E-state index in [2.05, 4.69) is 51.8 Å². The van der Waals surface area contributed by atoms with E-state index in [1.165, 1.54) is 11.1 Å². The van der Waals surface area contributed by atoms with Crippen LogP contribution in [-0.2, 0) is 6.42 Å². The Bertz CT molecular complexity index is 791. The van der Waals surface area contributed by atoms with Crippen molar-refractivity contribution in [3.8, 4) is 22.5 Å². The fourth-order valence-corrected chi connectivity index (χ4v) is 3.19. The van der Waals surface area contributed by atoms with Crippen LogP contribution in [0.3, 0.4) is 0 Å². The summed E-state index contributed by atoms with van der Waals surface area (Å²) >= 11 is 0. The van der Waals surface area contributed by atoms with E-state index in [-0.39, 0.29) is 0 Å². The van der Waals surface area contributed by atoms with Gasteiger partial charge in [-0.25, -0.2) is 0 Å². The molecule has 0 spiro atoms. The van der Waals surface area contributed by atoms with Gasteiger partial charge in [-0.1, -0.05) is 48.5 Å². The summed E-state index contributed by atoms with van der Waals surface area (Å²) in [6, 6.07) is 16.7. The Balaban J connectivity index is 2.05. The zero-order chi connectivity index (χ0) is 14.2. The van der Waals surface area contributed by atoms with Gasteiger partial charge in [0.2, 0.25) is 0 Å². The van der Waals surface area contributed by atoms with Crippen LogP contribution in [0.4, 0.5) is 0 Å². The Morgan fingerprint density at radius 1 is 0.952 bits per heavy atom. The zero-order valence-electron chi connectivity index (χ0n) is 11.6. The Morgan fingerprint density at radius 2 is 1.62 bits per heavy atom. The third kappa shape index (κ3) is 1.87. The normalized spacial score (nSPS) is 16.3. The van der Waals surface area contributed by atoms with Gasteiger partial charge in [0.1, 0.15) is 11.4 Å². The quantitative estimate of drug-likeness (QED) is 0.718. The number of rotatable bonds is 1. The maximum atomic E-state index is 6.05. The minimum absolute atomic E-state index is 0.298. The summed E-state index contributed by atoms with van der Waals surface area (Å²) < 4.78 is 0. The average Bonchev–Trinajstić information content (AvgIpc) is 3.00. The molecule has 3 aromatic rings. The van der Waals surface area contributed by atoms with Crippen LogP contribution in [-0.4, -0.2) is 22.0 Å². The second-order valence-corrected chi connectivity index (χ2v) is 5.40. The van der Waals surface area contributed by atoms with Crippen LogP contribution in [0.15, 0.2) is 48.5 Å². The number of hydrogen-bond donors (Lipinski definition) is 2. The molecule has 0 saturated carbocycles. The lowest BCUT2D eigenvalue weighted by Gasteiger charge is -2.22. The molecule has 1 aliphatic rings. The average molecular weight is 276 g/mol. The molecular weight excluding hydrogens is 260 g/mol. The van der Waals surface area contributed by atoms with E-state index in [0.717, 1.165) is 28.9 Å². The van der Waals surface area contributed by atoms with Gasteiger partial charge in [0, 0.05) is 17.0 Å². The molecule has 4 nitrogen and oxygen atoms in total. The van der Waals surface area contributed by atoms with Crippen LogP contribution in [0.5, 0.6) is 0 Å². The summed E-state index contributed by atoms with van der Waals surface area (Å²) in [5.74, 6) is 0.298. The molecule has 4 rings (SSSR count). The fourth-order valence-electron chi connectivity index (χ4n) is 3.19. The lowest BCUT2D eigenvalue weighted by molar-refractivity contribution is 0.695. The topological polar surface area (TPSA) is 67.6 Å². The molecule has 1 unspecified atom stereocenters. The van der Waals surface area contributed by atoms with Crippen LogP contribution in [0.1, 0.15) is 17.0 Å². The van der Waals surface area contributed by atoms with Gasteiger partial charge in [-0.15, -0.1) is 0 Å². The minimum Gasteiger partial charge on any atom is -0.330 e. The highest BCUT2D eigenvalue weighted by molar-refractivity contribution is 5.82. The van der Waals surface area contributed by atoms with Crippen molar-refractivity contribution in [1.82, 2.24) is 15.4 Å². The number of nitrogens with two attached hydrogens (primary N) is 1. The lowest BCUT2D eigenvalue weighted by Crippen LogP contribution is -2.17. The number of nitrogens with zero attached hydrogens (tertiary/aromatic N) is 2. The van der Waals surface area contributed by atoms with E-state index in [1.54, 1.807) is 0 Å². The number of hydrogen-bond acceptors (Lipinski definition) is 3. The highest BCUT2D eigenvalue weighted by Crippen LogP contribution is 2.39. The molecule has 1 atom stereocenters. The summed E-state index contributed by atoms with van der Waals surface area (Å²) in [5, 5.41) is 11.6. The third-order valence-electron chi connectivity index (χ3n) is 4.23. The maximum absolute atomic E-state index is 6.05. The van der Waals surface area contributed by atoms with Crippen LogP contribution in [0.25, 0.3) is 22.5 Å². The van der Waals surface area contributed by atoms with E-state index >= 15 is 0 Å². The molecule has 0 amide bonds. The Morgan fingerprint density at radius 3 is 2.43 bits per heavy atom. The highest BCUT2D eigenvalue weighted by atomic mass is 15.3. The van der Waals surface area contributed by atoms with Gasteiger partial charge in [-0.2, -0.15) is 15.4 Å². The molecule has 0 bridgehead atoms. The van der Waals surface area contributed by atoms with Crippen molar-refractivity contribution < 1.29 is 0 Å². The predicted molar refractivity (Wildman–Crippen MR) is 82.8 cm³/mol. The molecule has 0 saturated heterocycles. The number of aromatic amines is 1. The molecular formula is C17H16N4. The van der Waals surface area contributed by atoms with Gasteiger partial charge < -0.3 is 5.73 Å². The first-order valence-corrected chi connectivity index (χ1v) is 7.17. The van der Waals surface area contributed by atoms with E-state index in [9.17, 15) is 0 Å². The Labute approximate surface area is 123 Å².